The van der Waals surface area contributed by atoms with Gasteiger partial charge in [-0.2, -0.15) is 0 Å². The Kier molecular flexibility index (Phi) is 4.18. The van der Waals surface area contributed by atoms with Gasteiger partial charge in [-0.1, -0.05) is 0 Å². The van der Waals surface area contributed by atoms with Crippen LogP contribution in [0.5, 0.6) is 17.2 Å². The molecule has 1 aliphatic rings. The predicted molar refractivity (Wildman–Crippen MR) is 94.6 cm³/mol. The Morgan fingerprint density at radius 3 is 2.92 bits per heavy atom. The van der Waals surface area contributed by atoms with Gasteiger partial charge in [0.25, 0.3) is 5.91 Å². The van der Waals surface area contributed by atoms with Gasteiger partial charge in [0.15, 0.2) is 16.6 Å². The molecular weight excluding hydrogens is 359 g/mol. The number of benzene rings is 2. The van der Waals surface area contributed by atoms with Gasteiger partial charge in [0.05, 0.1) is 12.8 Å². The average Bonchev–Trinajstić information content (AvgIpc) is 3.30. The smallest absolute Gasteiger partial charge is 0.257 e. The summed E-state index contributed by atoms with van der Waals surface area (Å²) >= 11 is 1.24. The molecule has 8 heteroatoms. The van der Waals surface area contributed by atoms with Crippen molar-refractivity contribution in [2.75, 3.05) is 19.2 Å². The summed E-state index contributed by atoms with van der Waals surface area (Å²) in [4.78, 5) is 16.8. The number of ether oxygens (including phenoxy) is 3. The van der Waals surface area contributed by atoms with Crippen molar-refractivity contribution < 1.29 is 23.4 Å². The molecule has 0 fully saturated rings. The average molecular weight is 372 g/mol. The summed E-state index contributed by atoms with van der Waals surface area (Å²) in [5.74, 6) is 0.929. The molecule has 0 atom stereocenters. The maximum absolute atomic E-state index is 13.5. The van der Waals surface area contributed by atoms with Gasteiger partial charge in [-0.25, -0.2) is 9.37 Å². The number of anilines is 1. The van der Waals surface area contributed by atoms with Crippen molar-refractivity contribution in [3.05, 3.63) is 53.2 Å². The fourth-order valence-electron chi connectivity index (χ4n) is 2.54. The number of carbonyl (C=O) groups is 1. The third-order valence-electron chi connectivity index (χ3n) is 3.80. The Hall–Kier alpha value is -3.13. The standard InChI is InChI=1S/C18H13FN2O4S/c1-23-14-5-3-11(19)7-12(14)13-8-26-18(20-13)21-17(22)10-2-4-15-16(6-10)25-9-24-15/h2-8H,9H2,1H3,(H,20,21,22). The topological polar surface area (TPSA) is 69.7 Å². The van der Waals surface area contributed by atoms with E-state index in [9.17, 15) is 9.18 Å². The first kappa shape index (κ1) is 16.3. The molecule has 132 valence electrons. The summed E-state index contributed by atoms with van der Waals surface area (Å²) in [5, 5.41) is 4.86. The minimum atomic E-state index is -0.389. The van der Waals surface area contributed by atoms with Gasteiger partial charge in [0.1, 0.15) is 11.6 Å². The molecule has 0 saturated carbocycles. The molecule has 0 spiro atoms. The Labute approximate surface area is 152 Å². The molecule has 0 unspecified atom stereocenters. The van der Waals surface area contributed by atoms with E-state index in [0.29, 0.717) is 39.2 Å². The van der Waals surface area contributed by atoms with E-state index in [0.717, 1.165) is 0 Å². The zero-order valence-electron chi connectivity index (χ0n) is 13.6. The summed E-state index contributed by atoms with van der Waals surface area (Å²) in [6, 6.07) is 9.14. The number of rotatable bonds is 4. The van der Waals surface area contributed by atoms with E-state index in [2.05, 4.69) is 10.3 Å². The number of halogens is 1. The van der Waals surface area contributed by atoms with E-state index in [1.165, 1.54) is 36.6 Å². The molecule has 1 N–H and O–H groups in total. The number of nitrogens with one attached hydrogen (secondary N) is 1. The monoisotopic (exact) mass is 372 g/mol. The first-order valence-electron chi connectivity index (χ1n) is 7.64. The summed E-state index contributed by atoms with van der Waals surface area (Å²) in [6.07, 6.45) is 0. The molecule has 2 aromatic carbocycles. The van der Waals surface area contributed by atoms with Crippen LogP contribution in [0.1, 0.15) is 10.4 Å². The summed E-state index contributed by atoms with van der Waals surface area (Å²) in [6.45, 7) is 0.145. The van der Waals surface area contributed by atoms with E-state index in [1.54, 1.807) is 23.6 Å². The second-order valence-electron chi connectivity index (χ2n) is 5.40. The SMILES string of the molecule is COc1ccc(F)cc1-c1csc(NC(=O)c2ccc3c(c2)OCO3)n1. The molecule has 0 aliphatic carbocycles. The van der Waals surface area contributed by atoms with Crippen molar-refractivity contribution in [2.24, 2.45) is 0 Å². The molecule has 4 rings (SSSR count). The Morgan fingerprint density at radius 1 is 1.23 bits per heavy atom. The number of methoxy groups -OCH3 is 1. The largest absolute Gasteiger partial charge is 0.496 e. The van der Waals surface area contributed by atoms with Crippen LogP contribution in [0.4, 0.5) is 9.52 Å². The van der Waals surface area contributed by atoms with Crippen molar-refractivity contribution in [3.63, 3.8) is 0 Å². The lowest BCUT2D eigenvalue weighted by Gasteiger charge is -2.06. The van der Waals surface area contributed by atoms with E-state index in [-0.39, 0.29) is 18.5 Å². The van der Waals surface area contributed by atoms with E-state index < -0.39 is 0 Å². The van der Waals surface area contributed by atoms with Gasteiger partial charge < -0.3 is 14.2 Å². The van der Waals surface area contributed by atoms with Gasteiger partial charge in [0, 0.05) is 16.5 Å². The van der Waals surface area contributed by atoms with Crippen LogP contribution in [0.15, 0.2) is 41.8 Å². The molecule has 3 aromatic rings. The number of nitrogens with zero attached hydrogens (tertiary/aromatic N) is 1. The molecule has 6 nitrogen and oxygen atoms in total. The second-order valence-corrected chi connectivity index (χ2v) is 6.26. The van der Waals surface area contributed by atoms with Crippen molar-refractivity contribution in [1.82, 2.24) is 4.98 Å². The minimum Gasteiger partial charge on any atom is -0.496 e. The van der Waals surface area contributed by atoms with Crippen LogP contribution >= 0.6 is 11.3 Å². The van der Waals surface area contributed by atoms with Crippen molar-refractivity contribution in [1.29, 1.82) is 0 Å². The molecule has 0 saturated heterocycles. The first-order chi connectivity index (χ1) is 12.6. The highest BCUT2D eigenvalue weighted by molar-refractivity contribution is 7.14. The number of hydrogen-bond acceptors (Lipinski definition) is 6. The van der Waals surface area contributed by atoms with Crippen LogP contribution in [0.25, 0.3) is 11.3 Å². The summed E-state index contributed by atoms with van der Waals surface area (Å²) in [5.41, 5.74) is 1.47. The van der Waals surface area contributed by atoms with Crippen LogP contribution in [0, 0.1) is 5.82 Å². The Balaban J connectivity index is 1.55. The summed E-state index contributed by atoms with van der Waals surface area (Å²) < 4.78 is 29.3. The molecule has 2 heterocycles. The minimum absolute atomic E-state index is 0.145. The fraction of sp³-hybridized carbons (Fsp3) is 0.111. The highest BCUT2D eigenvalue weighted by Gasteiger charge is 2.18. The van der Waals surface area contributed by atoms with Crippen molar-refractivity contribution in [2.45, 2.75) is 0 Å². The van der Waals surface area contributed by atoms with Crippen LogP contribution in [-0.4, -0.2) is 24.8 Å². The lowest BCUT2D eigenvalue weighted by molar-refractivity contribution is 0.102. The quantitative estimate of drug-likeness (QED) is 0.751. The van der Waals surface area contributed by atoms with Crippen molar-refractivity contribution in [3.8, 4) is 28.5 Å². The number of fused-ring (bicyclic) bond motifs is 1. The molecule has 1 aromatic heterocycles. The Morgan fingerprint density at radius 2 is 2.08 bits per heavy atom. The third-order valence-corrected chi connectivity index (χ3v) is 4.55. The molecule has 1 amide bonds. The predicted octanol–water partition coefficient (Wildman–Crippen LogP) is 3.94. The van der Waals surface area contributed by atoms with Gasteiger partial charge >= 0.3 is 0 Å². The molecule has 0 radical (unpaired) electrons. The first-order valence-corrected chi connectivity index (χ1v) is 8.52. The third kappa shape index (κ3) is 3.06. The number of hydrogen-bond donors (Lipinski definition) is 1. The number of thiazole rings is 1. The fourth-order valence-corrected chi connectivity index (χ4v) is 3.25. The zero-order valence-corrected chi connectivity index (χ0v) is 14.4. The lowest BCUT2D eigenvalue weighted by atomic mass is 10.1. The number of carbonyl (C=O) groups excluding carboxylic acids is 1. The molecular formula is C18H13FN2O4S. The summed E-state index contributed by atoms with van der Waals surface area (Å²) in [7, 11) is 1.51. The number of aromatic nitrogens is 1. The Bertz CT molecular complexity index is 989. The highest BCUT2D eigenvalue weighted by Crippen LogP contribution is 2.34. The molecule has 26 heavy (non-hydrogen) atoms. The van der Waals surface area contributed by atoms with Crippen LogP contribution in [0.2, 0.25) is 0 Å². The maximum atomic E-state index is 13.5. The van der Waals surface area contributed by atoms with E-state index >= 15 is 0 Å². The van der Waals surface area contributed by atoms with E-state index in [1.807, 2.05) is 0 Å². The number of amides is 1. The zero-order chi connectivity index (χ0) is 18.1. The normalized spacial score (nSPS) is 12.1. The van der Waals surface area contributed by atoms with Gasteiger partial charge in [0.2, 0.25) is 6.79 Å². The second kappa shape index (κ2) is 6.64. The van der Waals surface area contributed by atoms with Crippen LogP contribution < -0.4 is 19.5 Å². The molecule has 0 bridgehead atoms. The van der Waals surface area contributed by atoms with E-state index in [4.69, 9.17) is 14.2 Å². The maximum Gasteiger partial charge on any atom is 0.257 e. The molecule has 1 aliphatic heterocycles. The van der Waals surface area contributed by atoms with Crippen molar-refractivity contribution >= 4 is 22.4 Å². The lowest BCUT2D eigenvalue weighted by Crippen LogP contribution is -2.11. The van der Waals surface area contributed by atoms with Crippen LogP contribution in [-0.2, 0) is 0 Å². The van der Waals surface area contributed by atoms with Gasteiger partial charge in [-0.3, -0.25) is 10.1 Å². The van der Waals surface area contributed by atoms with Gasteiger partial charge in [-0.05, 0) is 36.4 Å². The van der Waals surface area contributed by atoms with Crippen LogP contribution in [0.3, 0.4) is 0 Å². The highest BCUT2D eigenvalue weighted by atomic mass is 32.1. The van der Waals surface area contributed by atoms with Gasteiger partial charge in [-0.15, -0.1) is 11.3 Å².